The summed E-state index contributed by atoms with van der Waals surface area (Å²) in [5, 5.41) is 0. The first-order valence-corrected chi connectivity index (χ1v) is 6.57. The largest absolute Gasteiger partial charge is 0.465 e. The Morgan fingerprint density at radius 1 is 1.18 bits per heavy atom. The molecule has 1 aromatic heterocycles. The predicted molar refractivity (Wildman–Crippen MR) is 77.9 cm³/mol. The second kappa shape index (κ2) is 5.07. The first-order valence-electron chi connectivity index (χ1n) is 6.57. The summed E-state index contributed by atoms with van der Waals surface area (Å²) in [4.78, 5) is 41.5. The lowest BCUT2D eigenvalue weighted by Gasteiger charge is -2.15. The molecule has 0 spiro atoms. The van der Waals surface area contributed by atoms with Crippen LogP contribution in [0.25, 0.3) is 0 Å². The van der Waals surface area contributed by atoms with Gasteiger partial charge in [0.2, 0.25) is 0 Å². The maximum atomic E-state index is 12.4. The summed E-state index contributed by atoms with van der Waals surface area (Å²) in [5.41, 5.74) is 1.70. The number of amides is 2. The Labute approximate surface area is 126 Å². The minimum Gasteiger partial charge on any atom is -0.465 e. The number of carbonyl (C=O) groups is 3. The zero-order chi connectivity index (χ0) is 15.9. The van der Waals surface area contributed by atoms with E-state index < -0.39 is 17.8 Å². The van der Waals surface area contributed by atoms with E-state index in [1.165, 1.54) is 19.4 Å². The Morgan fingerprint density at radius 2 is 1.95 bits per heavy atom. The van der Waals surface area contributed by atoms with E-state index >= 15 is 0 Å². The maximum absolute atomic E-state index is 12.4. The summed E-state index contributed by atoms with van der Waals surface area (Å²) in [6, 6.07) is 7.91. The van der Waals surface area contributed by atoms with E-state index in [-0.39, 0.29) is 11.3 Å². The molecule has 110 valence electrons. The second-order valence-corrected chi connectivity index (χ2v) is 4.84. The molecule has 6 heteroatoms. The van der Waals surface area contributed by atoms with E-state index in [0.717, 1.165) is 4.90 Å². The van der Waals surface area contributed by atoms with Gasteiger partial charge in [0.15, 0.2) is 0 Å². The van der Waals surface area contributed by atoms with Crippen LogP contribution in [-0.2, 0) is 4.74 Å². The number of aryl methyl sites for hydroxylation is 1. The van der Waals surface area contributed by atoms with Crippen LogP contribution in [0.5, 0.6) is 0 Å². The van der Waals surface area contributed by atoms with Gasteiger partial charge in [-0.3, -0.25) is 14.6 Å². The number of hydrogen-bond acceptors (Lipinski definition) is 5. The SMILES string of the molecule is COC(=O)c1cc(N2C(=O)c3cccnc3C2=O)ccc1C. The maximum Gasteiger partial charge on any atom is 0.338 e. The lowest BCUT2D eigenvalue weighted by Crippen LogP contribution is -2.29. The van der Waals surface area contributed by atoms with Gasteiger partial charge in [0.05, 0.1) is 23.9 Å². The number of fused-ring (bicyclic) bond motifs is 1. The third-order valence-corrected chi connectivity index (χ3v) is 3.53. The highest BCUT2D eigenvalue weighted by Gasteiger charge is 2.38. The van der Waals surface area contributed by atoms with Crippen molar-refractivity contribution in [2.24, 2.45) is 0 Å². The molecule has 2 aromatic rings. The molecule has 0 unspecified atom stereocenters. The first-order chi connectivity index (χ1) is 10.5. The van der Waals surface area contributed by atoms with E-state index in [1.54, 1.807) is 31.2 Å². The number of esters is 1. The normalized spacial score (nSPS) is 13.3. The van der Waals surface area contributed by atoms with Crippen molar-refractivity contribution in [2.75, 3.05) is 12.0 Å². The van der Waals surface area contributed by atoms with Gasteiger partial charge < -0.3 is 4.74 Å². The summed E-state index contributed by atoms with van der Waals surface area (Å²) in [6.45, 7) is 1.75. The molecule has 0 bridgehead atoms. The van der Waals surface area contributed by atoms with Crippen molar-refractivity contribution >= 4 is 23.5 Å². The second-order valence-electron chi connectivity index (χ2n) is 4.84. The van der Waals surface area contributed by atoms with Crippen LogP contribution in [-0.4, -0.2) is 29.9 Å². The molecule has 3 rings (SSSR count). The number of rotatable bonds is 2. The molecule has 0 saturated heterocycles. The number of nitrogens with zero attached hydrogens (tertiary/aromatic N) is 2. The molecule has 0 atom stereocenters. The highest BCUT2D eigenvalue weighted by molar-refractivity contribution is 6.33. The zero-order valence-corrected chi connectivity index (χ0v) is 12.0. The molecule has 0 radical (unpaired) electrons. The van der Waals surface area contributed by atoms with Crippen molar-refractivity contribution in [1.29, 1.82) is 0 Å². The molecule has 2 heterocycles. The van der Waals surface area contributed by atoms with Crippen molar-refractivity contribution in [3.8, 4) is 0 Å². The van der Waals surface area contributed by atoms with Gasteiger partial charge >= 0.3 is 5.97 Å². The number of hydrogen-bond donors (Lipinski definition) is 0. The molecule has 1 aliphatic rings. The van der Waals surface area contributed by atoms with Crippen LogP contribution in [0.2, 0.25) is 0 Å². The average molecular weight is 296 g/mol. The monoisotopic (exact) mass is 296 g/mol. The van der Waals surface area contributed by atoms with E-state index in [0.29, 0.717) is 16.8 Å². The summed E-state index contributed by atoms with van der Waals surface area (Å²) < 4.78 is 4.71. The molecule has 0 saturated carbocycles. The van der Waals surface area contributed by atoms with Crippen LogP contribution >= 0.6 is 0 Å². The molecule has 1 aliphatic heterocycles. The number of pyridine rings is 1. The number of benzene rings is 1. The molecular weight excluding hydrogens is 284 g/mol. The highest BCUT2D eigenvalue weighted by atomic mass is 16.5. The van der Waals surface area contributed by atoms with Gasteiger partial charge in [-0.25, -0.2) is 9.69 Å². The van der Waals surface area contributed by atoms with Gasteiger partial charge in [0.25, 0.3) is 11.8 Å². The van der Waals surface area contributed by atoms with Crippen LogP contribution in [0.15, 0.2) is 36.5 Å². The van der Waals surface area contributed by atoms with Crippen LogP contribution in [0.4, 0.5) is 5.69 Å². The van der Waals surface area contributed by atoms with Gasteiger partial charge in [-0.15, -0.1) is 0 Å². The summed E-state index contributed by atoms with van der Waals surface area (Å²) in [6.07, 6.45) is 1.46. The standard InChI is InChI=1S/C16H12N2O4/c1-9-5-6-10(8-12(9)16(21)22-2)18-14(19)11-4-3-7-17-13(11)15(18)20/h3-8H,1-2H3. The fraction of sp³-hybridized carbons (Fsp3) is 0.125. The smallest absolute Gasteiger partial charge is 0.338 e. The lowest BCUT2D eigenvalue weighted by atomic mass is 10.1. The van der Waals surface area contributed by atoms with Crippen molar-refractivity contribution in [1.82, 2.24) is 4.98 Å². The third kappa shape index (κ3) is 1.96. The van der Waals surface area contributed by atoms with Crippen molar-refractivity contribution in [3.05, 3.63) is 58.9 Å². The Balaban J connectivity index is 2.08. The minimum atomic E-state index is -0.519. The fourth-order valence-electron chi connectivity index (χ4n) is 2.38. The Morgan fingerprint density at radius 3 is 2.64 bits per heavy atom. The van der Waals surface area contributed by atoms with Gasteiger partial charge in [-0.2, -0.15) is 0 Å². The van der Waals surface area contributed by atoms with Crippen LogP contribution in [0.1, 0.15) is 36.8 Å². The third-order valence-electron chi connectivity index (χ3n) is 3.53. The number of aromatic nitrogens is 1. The number of anilines is 1. The van der Waals surface area contributed by atoms with E-state index in [4.69, 9.17) is 4.74 Å². The molecule has 0 N–H and O–H groups in total. The van der Waals surface area contributed by atoms with Gasteiger partial charge in [0, 0.05) is 6.20 Å². The fourth-order valence-corrected chi connectivity index (χ4v) is 2.38. The molecule has 6 nitrogen and oxygen atoms in total. The summed E-state index contributed by atoms with van der Waals surface area (Å²) in [5.74, 6) is -1.47. The van der Waals surface area contributed by atoms with Gasteiger partial charge in [-0.05, 0) is 36.8 Å². The summed E-state index contributed by atoms with van der Waals surface area (Å²) >= 11 is 0. The molecular formula is C16H12N2O4. The molecule has 2 amide bonds. The minimum absolute atomic E-state index is 0.118. The number of methoxy groups -OCH3 is 1. The number of imide groups is 1. The number of ether oxygens (including phenoxy) is 1. The van der Waals surface area contributed by atoms with Crippen LogP contribution in [0, 0.1) is 6.92 Å². The Kier molecular flexibility index (Phi) is 3.21. The molecule has 1 aromatic carbocycles. The van der Waals surface area contributed by atoms with Gasteiger partial charge in [0.1, 0.15) is 5.69 Å². The molecule has 0 aliphatic carbocycles. The molecule has 0 fully saturated rings. The van der Waals surface area contributed by atoms with Crippen molar-refractivity contribution in [3.63, 3.8) is 0 Å². The zero-order valence-electron chi connectivity index (χ0n) is 12.0. The lowest BCUT2D eigenvalue weighted by molar-refractivity contribution is 0.0599. The van der Waals surface area contributed by atoms with Crippen molar-refractivity contribution < 1.29 is 19.1 Å². The van der Waals surface area contributed by atoms with E-state index in [2.05, 4.69) is 4.98 Å². The van der Waals surface area contributed by atoms with E-state index in [1.807, 2.05) is 0 Å². The van der Waals surface area contributed by atoms with Crippen molar-refractivity contribution in [2.45, 2.75) is 6.92 Å². The topological polar surface area (TPSA) is 76.6 Å². The quantitative estimate of drug-likeness (QED) is 0.625. The molecule has 22 heavy (non-hydrogen) atoms. The van der Waals surface area contributed by atoms with Gasteiger partial charge in [-0.1, -0.05) is 6.07 Å². The predicted octanol–water partition coefficient (Wildman–Crippen LogP) is 1.98. The Hall–Kier alpha value is -3.02. The Bertz CT molecular complexity index is 779. The average Bonchev–Trinajstić information content (AvgIpc) is 2.79. The van der Waals surface area contributed by atoms with E-state index in [9.17, 15) is 14.4 Å². The number of carbonyl (C=O) groups excluding carboxylic acids is 3. The highest BCUT2D eigenvalue weighted by Crippen LogP contribution is 2.28. The summed E-state index contributed by atoms with van der Waals surface area (Å²) in [7, 11) is 1.28. The van der Waals surface area contributed by atoms with Crippen LogP contribution < -0.4 is 4.90 Å². The van der Waals surface area contributed by atoms with Crippen LogP contribution in [0.3, 0.4) is 0 Å². The first kappa shape index (κ1) is 13.9.